The predicted octanol–water partition coefficient (Wildman–Crippen LogP) is 1.37. The highest BCUT2D eigenvalue weighted by Gasteiger charge is 2.23. The normalized spacial score (nSPS) is 17.9. The maximum Gasteiger partial charge on any atom is 0.223 e. The summed E-state index contributed by atoms with van der Waals surface area (Å²) in [6.07, 6.45) is 0.611. The highest BCUT2D eigenvalue weighted by molar-refractivity contribution is 5.77. The van der Waals surface area contributed by atoms with Crippen LogP contribution in [-0.2, 0) is 4.79 Å². The van der Waals surface area contributed by atoms with Crippen LogP contribution in [0, 0.1) is 5.41 Å². The number of nitrogens with one attached hydrogen (secondary N) is 1. The van der Waals surface area contributed by atoms with Crippen molar-refractivity contribution < 1.29 is 4.79 Å². The first-order chi connectivity index (χ1) is 6.38. The first kappa shape index (κ1) is 11.1. The number of hydrogen-bond acceptors (Lipinski definition) is 2. The third-order valence-corrected chi connectivity index (χ3v) is 2.17. The van der Waals surface area contributed by atoms with E-state index >= 15 is 0 Å². The SMILES string of the molecule is C=C1CN(C(=O)CC(C)(C)C)CCN1. The number of carbonyl (C=O) groups excluding carboxylic acids is 1. The number of piperazine rings is 1. The molecule has 3 heteroatoms. The van der Waals surface area contributed by atoms with Crippen molar-refractivity contribution in [1.29, 1.82) is 0 Å². The van der Waals surface area contributed by atoms with Crippen LogP contribution in [0.5, 0.6) is 0 Å². The van der Waals surface area contributed by atoms with Gasteiger partial charge in [-0.1, -0.05) is 27.4 Å². The molecule has 1 N–H and O–H groups in total. The zero-order valence-corrected chi connectivity index (χ0v) is 9.39. The standard InChI is InChI=1S/C11H20N2O/c1-9-8-13(6-5-12-9)10(14)7-11(2,3)4/h12H,1,5-8H2,2-4H3. The van der Waals surface area contributed by atoms with Crippen molar-refractivity contribution in [2.75, 3.05) is 19.6 Å². The van der Waals surface area contributed by atoms with Gasteiger partial charge in [0.15, 0.2) is 0 Å². The summed E-state index contributed by atoms with van der Waals surface area (Å²) in [4.78, 5) is 13.7. The van der Waals surface area contributed by atoms with E-state index in [-0.39, 0.29) is 11.3 Å². The molecule has 1 aliphatic heterocycles. The highest BCUT2D eigenvalue weighted by atomic mass is 16.2. The number of nitrogens with zero attached hydrogens (tertiary/aromatic N) is 1. The largest absolute Gasteiger partial charge is 0.386 e. The van der Waals surface area contributed by atoms with Crippen LogP contribution in [0.4, 0.5) is 0 Å². The summed E-state index contributed by atoms with van der Waals surface area (Å²) in [5.41, 5.74) is 1.02. The summed E-state index contributed by atoms with van der Waals surface area (Å²) in [6.45, 7) is 12.4. The average Bonchev–Trinajstić information content (AvgIpc) is 2.01. The molecule has 0 aliphatic carbocycles. The molecule has 3 nitrogen and oxygen atoms in total. The molecular formula is C11H20N2O. The van der Waals surface area contributed by atoms with E-state index in [1.807, 2.05) is 4.90 Å². The molecule has 0 aromatic rings. The first-order valence-corrected chi connectivity index (χ1v) is 5.08. The Labute approximate surface area is 86.2 Å². The van der Waals surface area contributed by atoms with E-state index in [0.29, 0.717) is 13.0 Å². The zero-order chi connectivity index (χ0) is 10.8. The fraction of sp³-hybridized carbons (Fsp3) is 0.727. The molecule has 0 aromatic carbocycles. The molecule has 1 saturated heterocycles. The van der Waals surface area contributed by atoms with Crippen LogP contribution in [0.2, 0.25) is 0 Å². The first-order valence-electron chi connectivity index (χ1n) is 5.08. The van der Waals surface area contributed by atoms with Crippen molar-refractivity contribution in [2.24, 2.45) is 5.41 Å². The lowest BCUT2D eigenvalue weighted by molar-refractivity contribution is -0.133. The van der Waals surface area contributed by atoms with Crippen LogP contribution in [0.25, 0.3) is 0 Å². The summed E-state index contributed by atoms with van der Waals surface area (Å²) < 4.78 is 0. The van der Waals surface area contributed by atoms with Gasteiger partial charge in [-0.05, 0) is 5.41 Å². The van der Waals surface area contributed by atoms with Gasteiger partial charge in [0.1, 0.15) is 0 Å². The Hall–Kier alpha value is -0.990. The maximum atomic E-state index is 11.8. The smallest absolute Gasteiger partial charge is 0.223 e. The van der Waals surface area contributed by atoms with Crippen LogP contribution in [-0.4, -0.2) is 30.4 Å². The maximum absolute atomic E-state index is 11.8. The molecule has 0 radical (unpaired) electrons. The molecule has 1 heterocycles. The summed E-state index contributed by atoms with van der Waals surface area (Å²) in [5, 5.41) is 3.14. The average molecular weight is 196 g/mol. The fourth-order valence-electron chi connectivity index (χ4n) is 1.51. The Morgan fingerprint density at radius 3 is 2.71 bits per heavy atom. The Balaban J connectivity index is 2.48. The van der Waals surface area contributed by atoms with Crippen molar-refractivity contribution in [2.45, 2.75) is 27.2 Å². The Morgan fingerprint density at radius 2 is 2.21 bits per heavy atom. The third-order valence-electron chi connectivity index (χ3n) is 2.17. The van der Waals surface area contributed by atoms with Gasteiger partial charge in [0, 0.05) is 25.2 Å². The fourth-order valence-corrected chi connectivity index (χ4v) is 1.51. The van der Waals surface area contributed by atoms with E-state index in [4.69, 9.17) is 0 Å². The molecular weight excluding hydrogens is 176 g/mol. The molecule has 14 heavy (non-hydrogen) atoms. The van der Waals surface area contributed by atoms with Crippen LogP contribution < -0.4 is 5.32 Å². The van der Waals surface area contributed by atoms with Crippen LogP contribution in [0.3, 0.4) is 0 Å². The Morgan fingerprint density at radius 1 is 1.57 bits per heavy atom. The van der Waals surface area contributed by atoms with E-state index in [0.717, 1.165) is 18.8 Å². The molecule has 0 unspecified atom stereocenters. The van der Waals surface area contributed by atoms with E-state index in [9.17, 15) is 4.79 Å². The van der Waals surface area contributed by atoms with Crippen molar-refractivity contribution in [3.63, 3.8) is 0 Å². The molecule has 1 amide bonds. The number of hydrogen-bond donors (Lipinski definition) is 1. The zero-order valence-electron chi connectivity index (χ0n) is 9.39. The summed E-state index contributed by atoms with van der Waals surface area (Å²) in [7, 11) is 0. The van der Waals surface area contributed by atoms with Crippen LogP contribution in [0.1, 0.15) is 27.2 Å². The lowest BCUT2D eigenvalue weighted by atomic mass is 9.91. The molecule has 0 atom stereocenters. The molecule has 0 saturated carbocycles. The molecule has 80 valence electrons. The summed E-state index contributed by atoms with van der Waals surface area (Å²) in [5.74, 6) is 0.236. The molecule has 1 rings (SSSR count). The minimum atomic E-state index is 0.0727. The topological polar surface area (TPSA) is 32.3 Å². The van der Waals surface area contributed by atoms with Crippen molar-refractivity contribution in [3.05, 3.63) is 12.3 Å². The van der Waals surface area contributed by atoms with Gasteiger partial charge in [-0.15, -0.1) is 0 Å². The number of amides is 1. The van der Waals surface area contributed by atoms with Gasteiger partial charge in [-0.3, -0.25) is 4.79 Å². The van der Waals surface area contributed by atoms with Gasteiger partial charge in [0.2, 0.25) is 5.91 Å². The lowest BCUT2D eigenvalue weighted by Gasteiger charge is -2.31. The van der Waals surface area contributed by atoms with Crippen molar-refractivity contribution >= 4 is 5.91 Å². The van der Waals surface area contributed by atoms with Gasteiger partial charge < -0.3 is 10.2 Å². The van der Waals surface area contributed by atoms with Gasteiger partial charge in [0.25, 0.3) is 0 Å². The quantitative estimate of drug-likeness (QED) is 0.687. The molecule has 0 spiro atoms. The van der Waals surface area contributed by atoms with E-state index in [2.05, 4.69) is 32.7 Å². The van der Waals surface area contributed by atoms with Gasteiger partial charge in [-0.2, -0.15) is 0 Å². The summed E-state index contributed by atoms with van der Waals surface area (Å²) in [6, 6.07) is 0. The van der Waals surface area contributed by atoms with Crippen LogP contribution >= 0.6 is 0 Å². The van der Waals surface area contributed by atoms with Crippen molar-refractivity contribution in [1.82, 2.24) is 10.2 Å². The van der Waals surface area contributed by atoms with Gasteiger partial charge in [-0.25, -0.2) is 0 Å². The minimum Gasteiger partial charge on any atom is -0.386 e. The molecule has 0 bridgehead atoms. The third kappa shape index (κ3) is 3.40. The number of carbonyl (C=O) groups is 1. The van der Waals surface area contributed by atoms with E-state index in [1.165, 1.54) is 0 Å². The second kappa shape index (κ2) is 4.03. The number of rotatable bonds is 1. The van der Waals surface area contributed by atoms with Gasteiger partial charge in [0.05, 0.1) is 6.54 Å². The Kier molecular flexibility index (Phi) is 3.19. The second-order valence-corrected chi connectivity index (χ2v) is 5.08. The van der Waals surface area contributed by atoms with E-state index < -0.39 is 0 Å². The molecule has 1 aliphatic rings. The Bertz CT molecular complexity index is 240. The van der Waals surface area contributed by atoms with Gasteiger partial charge >= 0.3 is 0 Å². The van der Waals surface area contributed by atoms with Crippen LogP contribution in [0.15, 0.2) is 12.3 Å². The lowest BCUT2D eigenvalue weighted by Crippen LogP contribution is -2.45. The molecule has 1 fully saturated rings. The monoisotopic (exact) mass is 196 g/mol. The van der Waals surface area contributed by atoms with Crippen molar-refractivity contribution in [3.8, 4) is 0 Å². The highest BCUT2D eigenvalue weighted by Crippen LogP contribution is 2.20. The minimum absolute atomic E-state index is 0.0727. The second-order valence-electron chi connectivity index (χ2n) is 5.08. The summed E-state index contributed by atoms with van der Waals surface area (Å²) >= 11 is 0. The molecule has 0 aromatic heterocycles. The predicted molar refractivity (Wildman–Crippen MR) is 57.8 cm³/mol. The van der Waals surface area contributed by atoms with E-state index in [1.54, 1.807) is 0 Å².